The van der Waals surface area contributed by atoms with Crippen molar-refractivity contribution < 1.29 is 4.39 Å². The van der Waals surface area contributed by atoms with E-state index in [1.165, 1.54) is 27.5 Å². The summed E-state index contributed by atoms with van der Waals surface area (Å²) in [6.07, 6.45) is 1.11. The van der Waals surface area contributed by atoms with Crippen LogP contribution in [-0.4, -0.2) is 0 Å². The summed E-state index contributed by atoms with van der Waals surface area (Å²) in [5.41, 5.74) is 2.83. The SMILES string of the molecule is CCC(C)(C)c1cc(-c2ccc(F)cc2)sc1C(C)(C)C. The van der Waals surface area contributed by atoms with E-state index < -0.39 is 0 Å². The van der Waals surface area contributed by atoms with Crippen molar-refractivity contribution >= 4 is 11.3 Å². The van der Waals surface area contributed by atoms with Crippen molar-refractivity contribution in [3.8, 4) is 10.4 Å². The third-order valence-corrected chi connectivity index (χ3v) is 5.76. The van der Waals surface area contributed by atoms with Gasteiger partial charge in [0.2, 0.25) is 0 Å². The molecule has 0 nitrogen and oxygen atoms in total. The van der Waals surface area contributed by atoms with Gasteiger partial charge in [-0.1, -0.05) is 53.7 Å². The third-order valence-electron chi connectivity index (χ3n) is 4.16. The van der Waals surface area contributed by atoms with Crippen LogP contribution in [-0.2, 0) is 10.8 Å². The summed E-state index contributed by atoms with van der Waals surface area (Å²) in [5, 5.41) is 0. The summed E-state index contributed by atoms with van der Waals surface area (Å²) < 4.78 is 13.1. The number of hydrogen-bond acceptors (Lipinski definition) is 1. The highest BCUT2D eigenvalue weighted by Crippen LogP contribution is 2.44. The van der Waals surface area contributed by atoms with Gasteiger partial charge >= 0.3 is 0 Å². The van der Waals surface area contributed by atoms with Gasteiger partial charge < -0.3 is 0 Å². The maximum absolute atomic E-state index is 13.1. The van der Waals surface area contributed by atoms with E-state index in [2.05, 4.69) is 47.6 Å². The molecule has 1 heterocycles. The summed E-state index contributed by atoms with van der Waals surface area (Å²) in [5.74, 6) is -0.180. The van der Waals surface area contributed by atoms with Gasteiger partial charge in [-0.2, -0.15) is 0 Å². The Morgan fingerprint density at radius 1 is 1.00 bits per heavy atom. The standard InChI is InChI=1S/C19H25FS/c1-7-19(5,6)15-12-16(21-17(15)18(2,3)4)13-8-10-14(20)11-9-13/h8-12H,7H2,1-6H3. The van der Waals surface area contributed by atoms with E-state index in [1.54, 1.807) is 0 Å². The van der Waals surface area contributed by atoms with Gasteiger partial charge in [0.05, 0.1) is 0 Å². The number of benzene rings is 1. The van der Waals surface area contributed by atoms with Crippen molar-refractivity contribution in [1.29, 1.82) is 0 Å². The summed E-state index contributed by atoms with van der Waals surface area (Å²) in [4.78, 5) is 2.67. The predicted molar refractivity (Wildman–Crippen MR) is 91.7 cm³/mol. The van der Waals surface area contributed by atoms with Crippen LogP contribution in [0, 0.1) is 5.82 Å². The monoisotopic (exact) mass is 304 g/mol. The maximum Gasteiger partial charge on any atom is 0.123 e. The lowest BCUT2D eigenvalue weighted by Crippen LogP contribution is -2.21. The van der Waals surface area contributed by atoms with E-state index in [-0.39, 0.29) is 16.6 Å². The molecule has 0 aliphatic heterocycles. The molecule has 0 unspecified atom stereocenters. The van der Waals surface area contributed by atoms with E-state index in [1.807, 2.05) is 23.5 Å². The number of rotatable bonds is 3. The van der Waals surface area contributed by atoms with Crippen LogP contribution in [0.1, 0.15) is 58.4 Å². The van der Waals surface area contributed by atoms with Crippen molar-refractivity contribution in [1.82, 2.24) is 0 Å². The van der Waals surface area contributed by atoms with E-state index in [4.69, 9.17) is 0 Å². The molecule has 2 heteroatoms. The molecule has 1 aromatic carbocycles. The van der Waals surface area contributed by atoms with E-state index in [0.717, 1.165) is 12.0 Å². The number of thiophene rings is 1. The Labute approximate surface area is 132 Å². The molecule has 0 aliphatic rings. The van der Waals surface area contributed by atoms with Crippen molar-refractivity contribution in [2.45, 2.75) is 58.8 Å². The first-order valence-corrected chi connectivity index (χ1v) is 8.37. The smallest absolute Gasteiger partial charge is 0.123 e. The van der Waals surface area contributed by atoms with E-state index in [0.29, 0.717) is 0 Å². The first-order chi connectivity index (χ1) is 9.65. The molecule has 2 rings (SSSR count). The predicted octanol–water partition coefficient (Wildman–Crippen LogP) is 6.54. The zero-order valence-corrected chi connectivity index (χ0v) is 14.7. The average Bonchev–Trinajstić information content (AvgIpc) is 2.85. The lowest BCUT2D eigenvalue weighted by molar-refractivity contribution is 0.486. The van der Waals surface area contributed by atoms with Crippen molar-refractivity contribution in [3.05, 3.63) is 46.6 Å². The molecule has 0 radical (unpaired) electrons. The van der Waals surface area contributed by atoms with Crippen LogP contribution < -0.4 is 0 Å². The third kappa shape index (κ3) is 3.37. The van der Waals surface area contributed by atoms with Crippen molar-refractivity contribution in [2.75, 3.05) is 0 Å². The molecule has 2 aromatic rings. The van der Waals surface area contributed by atoms with Gasteiger partial charge in [-0.25, -0.2) is 4.39 Å². The van der Waals surface area contributed by atoms with Crippen LogP contribution in [0.25, 0.3) is 10.4 Å². The minimum atomic E-state index is -0.180. The molecule has 114 valence electrons. The molecular formula is C19H25FS. The highest BCUT2D eigenvalue weighted by molar-refractivity contribution is 7.15. The lowest BCUT2D eigenvalue weighted by atomic mass is 9.77. The minimum absolute atomic E-state index is 0.130. The fraction of sp³-hybridized carbons (Fsp3) is 0.474. The zero-order chi connectivity index (χ0) is 15.8. The molecule has 0 aliphatic carbocycles. The van der Waals surface area contributed by atoms with Gasteiger partial charge in [0, 0.05) is 9.75 Å². The van der Waals surface area contributed by atoms with E-state index >= 15 is 0 Å². The Morgan fingerprint density at radius 3 is 2.05 bits per heavy atom. The molecule has 0 spiro atoms. The maximum atomic E-state index is 13.1. The second kappa shape index (κ2) is 5.57. The topological polar surface area (TPSA) is 0 Å². The normalized spacial score (nSPS) is 12.7. The molecule has 0 atom stereocenters. The summed E-state index contributed by atoms with van der Waals surface area (Å²) in [7, 11) is 0. The van der Waals surface area contributed by atoms with Crippen molar-refractivity contribution in [3.63, 3.8) is 0 Å². The Hall–Kier alpha value is -1.15. The number of halogens is 1. The van der Waals surface area contributed by atoms with Crippen LogP contribution in [0.15, 0.2) is 30.3 Å². The molecule has 1 aromatic heterocycles. The average molecular weight is 304 g/mol. The van der Waals surface area contributed by atoms with Gasteiger partial charge in [0.25, 0.3) is 0 Å². The van der Waals surface area contributed by atoms with Gasteiger partial charge in [0.15, 0.2) is 0 Å². The zero-order valence-electron chi connectivity index (χ0n) is 13.9. The van der Waals surface area contributed by atoms with Gasteiger partial charge in [-0.15, -0.1) is 11.3 Å². The molecule has 0 saturated carbocycles. The second-order valence-electron chi connectivity index (χ2n) is 7.35. The molecule has 0 saturated heterocycles. The quantitative estimate of drug-likeness (QED) is 0.604. The van der Waals surface area contributed by atoms with E-state index in [9.17, 15) is 4.39 Å². The Bertz CT molecular complexity index is 612. The van der Waals surface area contributed by atoms with Crippen LogP contribution in [0.2, 0.25) is 0 Å². The summed E-state index contributed by atoms with van der Waals surface area (Å²) >= 11 is 1.85. The fourth-order valence-electron chi connectivity index (χ4n) is 2.40. The fourth-order valence-corrected chi connectivity index (χ4v) is 3.80. The molecule has 0 fully saturated rings. The van der Waals surface area contributed by atoms with Crippen LogP contribution in [0.3, 0.4) is 0 Å². The highest BCUT2D eigenvalue weighted by atomic mass is 32.1. The Morgan fingerprint density at radius 2 is 1.57 bits per heavy atom. The molecule has 0 amide bonds. The van der Waals surface area contributed by atoms with Crippen LogP contribution in [0.4, 0.5) is 4.39 Å². The van der Waals surface area contributed by atoms with Crippen molar-refractivity contribution in [2.24, 2.45) is 0 Å². The Balaban J connectivity index is 2.58. The summed E-state index contributed by atoms with van der Waals surface area (Å²) in [6, 6.07) is 9.13. The van der Waals surface area contributed by atoms with Crippen LogP contribution in [0.5, 0.6) is 0 Å². The van der Waals surface area contributed by atoms with Gasteiger partial charge in [0.1, 0.15) is 5.82 Å². The molecule has 0 N–H and O–H groups in total. The first kappa shape index (κ1) is 16.2. The molecule has 0 bridgehead atoms. The first-order valence-electron chi connectivity index (χ1n) is 7.56. The van der Waals surface area contributed by atoms with Crippen LogP contribution >= 0.6 is 11.3 Å². The van der Waals surface area contributed by atoms with Gasteiger partial charge in [-0.3, -0.25) is 0 Å². The highest BCUT2D eigenvalue weighted by Gasteiger charge is 2.30. The molecule has 21 heavy (non-hydrogen) atoms. The summed E-state index contributed by atoms with van der Waals surface area (Å²) in [6.45, 7) is 13.6. The minimum Gasteiger partial charge on any atom is -0.207 e. The number of hydrogen-bond donors (Lipinski definition) is 0. The Kier molecular flexibility index (Phi) is 4.30. The lowest BCUT2D eigenvalue weighted by Gasteiger charge is -2.28. The second-order valence-corrected chi connectivity index (χ2v) is 8.40. The molecular weight excluding hydrogens is 279 g/mol. The largest absolute Gasteiger partial charge is 0.207 e. The van der Waals surface area contributed by atoms with Gasteiger partial charge in [-0.05, 0) is 46.6 Å².